The summed E-state index contributed by atoms with van der Waals surface area (Å²) in [6.45, 7) is 1.44. The highest BCUT2D eigenvalue weighted by Crippen LogP contribution is 2.29. The van der Waals surface area contributed by atoms with E-state index < -0.39 is 11.9 Å². The maximum Gasteiger partial charge on any atom is 0.253 e. The second-order valence-corrected chi connectivity index (χ2v) is 8.09. The normalized spacial score (nSPS) is 11.5. The number of thiazole rings is 1. The fourth-order valence-electron chi connectivity index (χ4n) is 3.19. The van der Waals surface area contributed by atoms with Gasteiger partial charge < -0.3 is 10.6 Å². The molecule has 1 aromatic heterocycles. The molecule has 0 spiro atoms. The zero-order chi connectivity index (χ0) is 22.5. The third-order valence-electron chi connectivity index (χ3n) is 4.65. The number of rotatable bonds is 6. The van der Waals surface area contributed by atoms with Crippen molar-refractivity contribution in [3.8, 4) is 0 Å². The molecule has 3 aromatic carbocycles. The molecular weight excluding hydrogens is 424 g/mol. The van der Waals surface area contributed by atoms with Crippen LogP contribution in [0.4, 0.5) is 10.8 Å². The van der Waals surface area contributed by atoms with E-state index in [9.17, 15) is 14.4 Å². The van der Waals surface area contributed by atoms with Gasteiger partial charge in [-0.15, -0.1) is 0 Å². The molecule has 7 nitrogen and oxygen atoms in total. The van der Waals surface area contributed by atoms with Gasteiger partial charge in [-0.25, -0.2) is 4.98 Å². The zero-order valence-electron chi connectivity index (χ0n) is 17.2. The van der Waals surface area contributed by atoms with Gasteiger partial charge in [0.05, 0.1) is 10.2 Å². The predicted molar refractivity (Wildman–Crippen MR) is 126 cm³/mol. The molecule has 32 heavy (non-hydrogen) atoms. The first-order valence-corrected chi connectivity index (χ1v) is 10.7. The van der Waals surface area contributed by atoms with Crippen LogP contribution < -0.4 is 16.0 Å². The van der Waals surface area contributed by atoms with E-state index in [4.69, 9.17) is 0 Å². The van der Waals surface area contributed by atoms with Crippen molar-refractivity contribution in [1.29, 1.82) is 0 Å². The lowest BCUT2D eigenvalue weighted by Gasteiger charge is -2.18. The molecule has 0 bridgehead atoms. The Morgan fingerprint density at radius 1 is 0.875 bits per heavy atom. The maximum atomic E-state index is 13.2. The summed E-state index contributed by atoms with van der Waals surface area (Å²) in [5.41, 5.74) is 2.47. The van der Waals surface area contributed by atoms with Gasteiger partial charge in [-0.1, -0.05) is 59.9 Å². The number of hydrogen-bond acceptors (Lipinski definition) is 5. The van der Waals surface area contributed by atoms with E-state index in [2.05, 4.69) is 20.9 Å². The van der Waals surface area contributed by atoms with Gasteiger partial charge in [0.25, 0.3) is 11.8 Å². The summed E-state index contributed by atoms with van der Waals surface area (Å²) in [4.78, 5) is 41.6. The molecular formula is C24H20N4O3S. The number of carbonyl (C=O) groups excluding carboxylic acids is 3. The number of hydrogen-bond donors (Lipinski definition) is 3. The molecule has 0 fully saturated rings. The highest BCUT2D eigenvalue weighted by molar-refractivity contribution is 7.22. The summed E-state index contributed by atoms with van der Waals surface area (Å²) in [7, 11) is 0. The molecule has 3 amide bonds. The van der Waals surface area contributed by atoms with Crippen molar-refractivity contribution in [2.75, 3.05) is 10.6 Å². The number of nitrogens with zero attached hydrogens (tertiary/aromatic N) is 1. The first-order valence-electron chi connectivity index (χ1n) is 9.89. The Morgan fingerprint density at radius 3 is 2.25 bits per heavy atom. The van der Waals surface area contributed by atoms with E-state index in [1.807, 2.05) is 24.3 Å². The largest absolute Gasteiger partial charge is 0.336 e. The molecule has 160 valence electrons. The van der Waals surface area contributed by atoms with Crippen LogP contribution in [-0.4, -0.2) is 22.7 Å². The standard InChI is InChI=1S/C24H20N4O3S/c1-15(29)25-18-12-13-19-20(14-18)32-24(26-19)28-23(31)21(16-8-4-2-5-9-16)27-22(30)17-10-6-3-7-11-17/h2-14,21H,1H3,(H,25,29)(H,27,30)(H,26,28,31). The number of aromatic nitrogens is 1. The van der Waals surface area contributed by atoms with Gasteiger partial charge in [0.1, 0.15) is 6.04 Å². The molecule has 0 saturated carbocycles. The number of benzene rings is 3. The maximum absolute atomic E-state index is 13.2. The summed E-state index contributed by atoms with van der Waals surface area (Å²) < 4.78 is 0.816. The summed E-state index contributed by atoms with van der Waals surface area (Å²) >= 11 is 1.29. The second-order valence-electron chi connectivity index (χ2n) is 7.06. The van der Waals surface area contributed by atoms with Gasteiger partial charge in [0.15, 0.2) is 5.13 Å². The predicted octanol–water partition coefficient (Wildman–Crippen LogP) is 4.36. The van der Waals surface area contributed by atoms with Crippen LogP contribution in [0.15, 0.2) is 78.9 Å². The van der Waals surface area contributed by atoms with Gasteiger partial charge in [0.2, 0.25) is 5.91 Å². The van der Waals surface area contributed by atoms with Crippen molar-refractivity contribution in [3.63, 3.8) is 0 Å². The van der Waals surface area contributed by atoms with Crippen LogP contribution in [0.5, 0.6) is 0 Å². The molecule has 1 heterocycles. The average molecular weight is 445 g/mol. The molecule has 0 radical (unpaired) electrons. The molecule has 0 saturated heterocycles. The molecule has 1 atom stereocenters. The Morgan fingerprint density at radius 2 is 1.56 bits per heavy atom. The van der Waals surface area contributed by atoms with Crippen LogP contribution in [-0.2, 0) is 9.59 Å². The minimum Gasteiger partial charge on any atom is -0.336 e. The second kappa shape index (κ2) is 9.40. The molecule has 0 aliphatic heterocycles. The Labute approximate surface area is 188 Å². The summed E-state index contributed by atoms with van der Waals surface area (Å²) in [6.07, 6.45) is 0. The van der Waals surface area contributed by atoms with Crippen LogP contribution in [0.25, 0.3) is 10.2 Å². The third kappa shape index (κ3) is 4.98. The Kier molecular flexibility index (Phi) is 6.23. The van der Waals surface area contributed by atoms with E-state index in [1.54, 1.807) is 54.6 Å². The number of carbonyl (C=O) groups is 3. The Balaban J connectivity index is 1.57. The molecule has 1 unspecified atom stereocenters. The molecule has 8 heteroatoms. The van der Waals surface area contributed by atoms with Crippen LogP contribution in [0.3, 0.4) is 0 Å². The molecule has 4 aromatic rings. The van der Waals surface area contributed by atoms with Gasteiger partial charge >= 0.3 is 0 Å². The summed E-state index contributed by atoms with van der Waals surface area (Å²) in [6, 6.07) is 22.2. The molecule has 0 aliphatic rings. The fraction of sp³-hybridized carbons (Fsp3) is 0.0833. The smallest absolute Gasteiger partial charge is 0.253 e. The van der Waals surface area contributed by atoms with Crippen LogP contribution >= 0.6 is 11.3 Å². The minimum absolute atomic E-state index is 0.165. The van der Waals surface area contributed by atoms with E-state index in [-0.39, 0.29) is 11.8 Å². The van der Waals surface area contributed by atoms with Crippen molar-refractivity contribution in [1.82, 2.24) is 10.3 Å². The Hall–Kier alpha value is -4.04. The van der Waals surface area contributed by atoms with E-state index in [0.29, 0.717) is 27.5 Å². The van der Waals surface area contributed by atoms with E-state index in [0.717, 1.165) is 4.70 Å². The van der Waals surface area contributed by atoms with E-state index >= 15 is 0 Å². The lowest BCUT2D eigenvalue weighted by molar-refractivity contribution is -0.118. The first kappa shape index (κ1) is 21.2. The Bertz CT molecular complexity index is 1270. The topological polar surface area (TPSA) is 100 Å². The molecule has 3 N–H and O–H groups in total. The van der Waals surface area contributed by atoms with Crippen molar-refractivity contribution in [3.05, 3.63) is 90.0 Å². The van der Waals surface area contributed by atoms with Gasteiger partial charge in [-0.2, -0.15) is 0 Å². The number of nitrogens with one attached hydrogen (secondary N) is 3. The van der Waals surface area contributed by atoms with Crippen molar-refractivity contribution in [2.24, 2.45) is 0 Å². The monoisotopic (exact) mass is 444 g/mol. The lowest BCUT2D eigenvalue weighted by atomic mass is 10.1. The van der Waals surface area contributed by atoms with Crippen molar-refractivity contribution < 1.29 is 14.4 Å². The van der Waals surface area contributed by atoms with Gasteiger partial charge in [0, 0.05) is 18.2 Å². The van der Waals surface area contributed by atoms with Crippen molar-refractivity contribution in [2.45, 2.75) is 13.0 Å². The van der Waals surface area contributed by atoms with E-state index in [1.165, 1.54) is 18.3 Å². The third-order valence-corrected chi connectivity index (χ3v) is 5.58. The number of anilines is 2. The number of fused-ring (bicyclic) bond motifs is 1. The van der Waals surface area contributed by atoms with Crippen molar-refractivity contribution >= 4 is 50.1 Å². The highest BCUT2D eigenvalue weighted by Gasteiger charge is 2.24. The fourth-order valence-corrected chi connectivity index (χ4v) is 4.09. The number of amides is 3. The SMILES string of the molecule is CC(=O)Nc1ccc2nc(NC(=O)C(NC(=O)c3ccccc3)c3ccccc3)sc2c1. The lowest BCUT2D eigenvalue weighted by Crippen LogP contribution is -2.37. The van der Waals surface area contributed by atoms with Gasteiger partial charge in [-0.05, 0) is 35.9 Å². The average Bonchev–Trinajstić information content (AvgIpc) is 3.19. The van der Waals surface area contributed by atoms with Crippen LogP contribution in [0.1, 0.15) is 28.9 Å². The zero-order valence-corrected chi connectivity index (χ0v) is 18.0. The first-order chi connectivity index (χ1) is 15.5. The highest BCUT2D eigenvalue weighted by atomic mass is 32.1. The summed E-state index contributed by atoms with van der Waals surface area (Å²) in [5.74, 6) is -0.914. The molecule has 4 rings (SSSR count). The van der Waals surface area contributed by atoms with Gasteiger partial charge in [-0.3, -0.25) is 19.7 Å². The van der Waals surface area contributed by atoms with Crippen LogP contribution in [0, 0.1) is 0 Å². The van der Waals surface area contributed by atoms with Crippen LogP contribution in [0.2, 0.25) is 0 Å². The minimum atomic E-state index is -0.897. The summed E-state index contributed by atoms with van der Waals surface area (Å²) in [5, 5.41) is 8.76. The quantitative estimate of drug-likeness (QED) is 0.411. The molecule has 0 aliphatic carbocycles.